The minimum atomic E-state index is -3.75. The second-order valence-electron chi connectivity index (χ2n) is 8.67. The first-order valence-electron chi connectivity index (χ1n) is 11.6. The van der Waals surface area contributed by atoms with Gasteiger partial charge >= 0.3 is 15.2 Å². The Labute approximate surface area is 202 Å². The molecule has 0 N–H and O–H groups in total. The lowest BCUT2D eigenvalue weighted by Gasteiger charge is -2.23. The SMILES string of the molecule is COP(=O)(OC)C(=CCC(C)CCC=C(C)CCC=C(C)CCC=C(C)C)P(=O)(OC)OC. The average Bonchev–Trinajstić information content (AvgIpc) is 2.78. The maximum Gasteiger partial charge on any atom is 0.368 e. The molecule has 0 radical (unpaired) electrons. The molecule has 0 spiro atoms. The van der Waals surface area contributed by atoms with E-state index in [-0.39, 0.29) is 11.0 Å². The Balaban J connectivity index is 4.84. The highest BCUT2D eigenvalue weighted by Crippen LogP contribution is 2.72. The summed E-state index contributed by atoms with van der Waals surface area (Å²) in [5, 5.41) is -0.0460. The van der Waals surface area contributed by atoms with Crippen LogP contribution in [0.1, 0.15) is 79.6 Å². The number of hydrogen-bond donors (Lipinski definition) is 0. The van der Waals surface area contributed by atoms with Crippen LogP contribution >= 0.6 is 15.2 Å². The second kappa shape index (κ2) is 16.8. The van der Waals surface area contributed by atoms with Gasteiger partial charge in [0.25, 0.3) is 0 Å². The smallest absolute Gasteiger partial charge is 0.308 e. The predicted molar refractivity (Wildman–Crippen MR) is 140 cm³/mol. The van der Waals surface area contributed by atoms with Crippen molar-refractivity contribution in [2.45, 2.75) is 79.6 Å². The van der Waals surface area contributed by atoms with E-state index in [0.29, 0.717) is 6.42 Å². The molecule has 0 aliphatic carbocycles. The molecule has 0 aliphatic rings. The van der Waals surface area contributed by atoms with Crippen LogP contribution in [0.5, 0.6) is 0 Å². The molecular weight excluding hydrogens is 458 g/mol. The topological polar surface area (TPSA) is 71.1 Å². The van der Waals surface area contributed by atoms with Gasteiger partial charge in [-0.3, -0.25) is 9.13 Å². The van der Waals surface area contributed by atoms with Gasteiger partial charge in [0.05, 0.1) is 0 Å². The second-order valence-corrected chi connectivity index (χ2v) is 13.4. The van der Waals surface area contributed by atoms with Crippen molar-refractivity contribution in [1.29, 1.82) is 0 Å². The van der Waals surface area contributed by atoms with Gasteiger partial charge in [-0.05, 0) is 78.6 Å². The lowest BCUT2D eigenvalue weighted by Crippen LogP contribution is -2.00. The molecule has 0 saturated carbocycles. The zero-order valence-corrected chi connectivity index (χ0v) is 24.0. The van der Waals surface area contributed by atoms with Crippen molar-refractivity contribution in [1.82, 2.24) is 0 Å². The molecule has 0 saturated heterocycles. The summed E-state index contributed by atoms with van der Waals surface area (Å²) in [6.45, 7) is 10.8. The van der Waals surface area contributed by atoms with Crippen molar-refractivity contribution in [2.24, 2.45) is 5.92 Å². The predicted octanol–water partition coefficient (Wildman–Crippen LogP) is 9.03. The van der Waals surface area contributed by atoms with Crippen molar-refractivity contribution < 1.29 is 27.2 Å². The van der Waals surface area contributed by atoms with Gasteiger partial charge in [0, 0.05) is 28.4 Å². The molecule has 0 aliphatic heterocycles. The van der Waals surface area contributed by atoms with Gasteiger partial charge in [0.2, 0.25) is 0 Å². The zero-order chi connectivity index (χ0) is 25.5. The first-order valence-corrected chi connectivity index (χ1v) is 14.6. The minimum Gasteiger partial charge on any atom is -0.308 e. The molecule has 6 nitrogen and oxygen atoms in total. The van der Waals surface area contributed by atoms with E-state index in [4.69, 9.17) is 18.1 Å². The molecule has 1 unspecified atom stereocenters. The molecule has 0 aromatic rings. The fraction of sp³-hybridized carbons (Fsp3) is 0.680. The Bertz CT molecular complexity index is 747. The molecule has 0 bridgehead atoms. The molecule has 0 heterocycles. The van der Waals surface area contributed by atoms with E-state index < -0.39 is 15.2 Å². The van der Waals surface area contributed by atoms with Gasteiger partial charge in [-0.25, -0.2) is 0 Å². The minimum absolute atomic E-state index is 0.0460. The molecule has 1 atom stereocenters. The standard InChI is InChI=1S/C25H46O6P2/c1-21(2)13-10-14-22(3)15-11-16-23(4)17-12-18-24(5)19-20-25(32(26,28-6)29-7)33(27,30-8)31-9/h13,15,17,20,24H,10-12,14,16,18-19H2,1-9H3. The Morgan fingerprint density at radius 3 is 1.55 bits per heavy atom. The summed E-state index contributed by atoms with van der Waals surface area (Å²) in [7, 11) is -2.48. The lowest BCUT2D eigenvalue weighted by atomic mass is 10.00. The average molecular weight is 505 g/mol. The third-order valence-corrected chi connectivity index (χ3v) is 10.4. The summed E-state index contributed by atoms with van der Waals surface area (Å²) < 4.78 is 46.0. The van der Waals surface area contributed by atoms with Crippen molar-refractivity contribution in [3.05, 3.63) is 46.1 Å². The van der Waals surface area contributed by atoms with Gasteiger partial charge < -0.3 is 18.1 Å². The Morgan fingerprint density at radius 1 is 0.697 bits per heavy atom. The van der Waals surface area contributed by atoms with Gasteiger partial charge in [-0.15, -0.1) is 0 Å². The first kappa shape index (κ1) is 32.3. The van der Waals surface area contributed by atoms with E-state index in [1.165, 1.54) is 45.2 Å². The monoisotopic (exact) mass is 504 g/mol. The molecule has 0 aromatic heterocycles. The summed E-state index contributed by atoms with van der Waals surface area (Å²) in [6, 6.07) is 0. The third kappa shape index (κ3) is 12.5. The summed E-state index contributed by atoms with van der Waals surface area (Å²) in [5.74, 6) is 0.283. The highest BCUT2D eigenvalue weighted by atomic mass is 31.2. The maximum absolute atomic E-state index is 12.9. The van der Waals surface area contributed by atoms with E-state index in [9.17, 15) is 9.13 Å². The zero-order valence-electron chi connectivity index (χ0n) is 22.2. The van der Waals surface area contributed by atoms with Crippen LogP contribution in [0.4, 0.5) is 0 Å². The molecule has 8 heteroatoms. The van der Waals surface area contributed by atoms with Crippen LogP contribution in [0.15, 0.2) is 46.1 Å². The van der Waals surface area contributed by atoms with E-state index in [1.807, 2.05) is 0 Å². The maximum atomic E-state index is 12.9. The van der Waals surface area contributed by atoms with Crippen LogP contribution in [0.3, 0.4) is 0 Å². The van der Waals surface area contributed by atoms with Gasteiger partial charge in [-0.1, -0.05) is 47.9 Å². The largest absolute Gasteiger partial charge is 0.368 e. The fourth-order valence-electron chi connectivity index (χ4n) is 3.27. The van der Waals surface area contributed by atoms with Crippen LogP contribution in [-0.2, 0) is 27.2 Å². The number of rotatable bonds is 17. The molecule has 0 fully saturated rings. The normalized spacial score (nSPS) is 14.2. The van der Waals surface area contributed by atoms with Crippen molar-refractivity contribution in [3.63, 3.8) is 0 Å². The summed E-state index contributed by atoms with van der Waals surface area (Å²) in [6.07, 6.45) is 15.4. The first-order chi connectivity index (χ1) is 15.5. The van der Waals surface area contributed by atoms with Crippen molar-refractivity contribution >= 4 is 15.2 Å². The van der Waals surface area contributed by atoms with E-state index in [0.717, 1.165) is 38.5 Å². The van der Waals surface area contributed by atoms with Crippen LogP contribution < -0.4 is 0 Å². The highest BCUT2D eigenvalue weighted by molar-refractivity contribution is 7.78. The quantitative estimate of drug-likeness (QED) is 0.145. The molecule has 33 heavy (non-hydrogen) atoms. The van der Waals surface area contributed by atoms with Crippen molar-refractivity contribution in [2.75, 3.05) is 28.4 Å². The highest BCUT2D eigenvalue weighted by Gasteiger charge is 2.43. The summed E-state index contributed by atoms with van der Waals surface area (Å²) >= 11 is 0. The summed E-state index contributed by atoms with van der Waals surface area (Å²) in [4.78, 5) is 0. The molecule has 192 valence electrons. The van der Waals surface area contributed by atoms with Crippen LogP contribution in [0.2, 0.25) is 0 Å². The van der Waals surface area contributed by atoms with Crippen molar-refractivity contribution in [3.8, 4) is 0 Å². The van der Waals surface area contributed by atoms with Crippen LogP contribution in [-0.4, -0.2) is 28.4 Å². The summed E-state index contributed by atoms with van der Waals surface area (Å²) in [5.41, 5.74) is 4.21. The van der Waals surface area contributed by atoms with E-state index in [2.05, 4.69) is 52.8 Å². The Hall–Kier alpha value is -0.740. The Kier molecular flexibility index (Phi) is 16.4. The fourth-order valence-corrected chi connectivity index (χ4v) is 7.16. The molecule has 0 amide bonds. The molecule has 0 aromatic carbocycles. The van der Waals surface area contributed by atoms with Gasteiger partial charge in [-0.2, -0.15) is 0 Å². The van der Waals surface area contributed by atoms with Crippen LogP contribution in [0.25, 0.3) is 0 Å². The lowest BCUT2D eigenvalue weighted by molar-refractivity contribution is 0.269. The molecule has 0 rings (SSSR count). The van der Waals surface area contributed by atoms with Gasteiger partial charge in [0.15, 0.2) is 0 Å². The van der Waals surface area contributed by atoms with E-state index >= 15 is 0 Å². The van der Waals surface area contributed by atoms with Crippen LogP contribution in [0, 0.1) is 5.92 Å². The third-order valence-electron chi connectivity index (χ3n) is 5.50. The Morgan fingerprint density at radius 2 is 1.12 bits per heavy atom. The molecular formula is C25H46O6P2. The number of hydrogen-bond acceptors (Lipinski definition) is 6. The van der Waals surface area contributed by atoms with Gasteiger partial charge in [0.1, 0.15) is 5.06 Å². The van der Waals surface area contributed by atoms with E-state index in [1.54, 1.807) is 6.08 Å². The number of allylic oxidation sites excluding steroid dienone is 7.